The standard InChI is InChI=1S/C17H21NO2/c1-4-20-16-11-7-14(8-12-16)17(18-2)13-5-9-15(19-3)10-6-13/h5-12,17-18H,4H2,1-3H3. The Morgan fingerprint density at radius 1 is 0.900 bits per heavy atom. The van der Waals surface area contributed by atoms with Gasteiger partial charge in [0.1, 0.15) is 11.5 Å². The van der Waals surface area contributed by atoms with Gasteiger partial charge in [-0.15, -0.1) is 0 Å². The molecule has 0 aliphatic carbocycles. The second-order valence-electron chi connectivity index (χ2n) is 4.50. The van der Waals surface area contributed by atoms with E-state index in [4.69, 9.17) is 9.47 Å². The summed E-state index contributed by atoms with van der Waals surface area (Å²) in [6.45, 7) is 2.68. The highest BCUT2D eigenvalue weighted by Gasteiger charge is 2.11. The van der Waals surface area contributed by atoms with E-state index in [1.807, 2.05) is 38.2 Å². The van der Waals surface area contributed by atoms with Crippen molar-refractivity contribution >= 4 is 0 Å². The third kappa shape index (κ3) is 3.31. The highest BCUT2D eigenvalue weighted by Crippen LogP contribution is 2.25. The summed E-state index contributed by atoms with van der Waals surface area (Å²) in [5.74, 6) is 1.77. The first kappa shape index (κ1) is 14.4. The molecule has 0 saturated heterocycles. The van der Waals surface area contributed by atoms with Crippen molar-refractivity contribution in [1.82, 2.24) is 5.32 Å². The molecule has 0 heterocycles. The molecule has 0 radical (unpaired) electrons. The molecule has 0 aliphatic rings. The van der Waals surface area contributed by atoms with Crippen molar-refractivity contribution in [2.45, 2.75) is 13.0 Å². The summed E-state index contributed by atoms with van der Waals surface area (Å²) < 4.78 is 10.7. The number of hydrogen-bond donors (Lipinski definition) is 1. The molecule has 1 unspecified atom stereocenters. The lowest BCUT2D eigenvalue weighted by atomic mass is 9.99. The van der Waals surface area contributed by atoms with Crippen molar-refractivity contribution in [3.63, 3.8) is 0 Å². The molecule has 0 saturated carbocycles. The highest BCUT2D eigenvalue weighted by atomic mass is 16.5. The Bertz CT molecular complexity index is 520. The van der Waals surface area contributed by atoms with Gasteiger partial charge >= 0.3 is 0 Å². The van der Waals surface area contributed by atoms with Gasteiger partial charge in [-0.05, 0) is 49.4 Å². The van der Waals surface area contributed by atoms with Gasteiger partial charge in [0, 0.05) is 0 Å². The van der Waals surface area contributed by atoms with E-state index in [2.05, 4.69) is 29.6 Å². The molecule has 2 aromatic carbocycles. The van der Waals surface area contributed by atoms with Crippen LogP contribution in [-0.2, 0) is 0 Å². The summed E-state index contributed by atoms with van der Waals surface area (Å²) in [6, 6.07) is 16.5. The van der Waals surface area contributed by atoms with Gasteiger partial charge in [0.15, 0.2) is 0 Å². The number of methoxy groups -OCH3 is 1. The summed E-state index contributed by atoms with van der Waals surface area (Å²) in [5, 5.41) is 3.34. The Morgan fingerprint density at radius 3 is 1.80 bits per heavy atom. The van der Waals surface area contributed by atoms with E-state index in [0.29, 0.717) is 6.61 Å². The number of ether oxygens (including phenoxy) is 2. The van der Waals surface area contributed by atoms with Gasteiger partial charge in [-0.25, -0.2) is 0 Å². The number of rotatable bonds is 6. The lowest BCUT2D eigenvalue weighted by molar-refractivity contribution is 0.340. The second kappa shape index (κ2) is 6.96. The Balaban J connectivity index is 2.21. The summed E-state index contributed by atoms with van der Waals surface area (Å²) in [6.07, 6.45) is 0. The molecular formula is C17H21NO2. The zero-order valence-electron chi connectivity index (χ0n) is 12.2. The minimum atomic E-state index is 0.164. The zero-order chi connectivity index (χ0) is 14.4. The molecule has 0 fully saturated rings. The van der Waals surface area contributed by atoms with Gasteiger partial charge in [-0.3, -0.25) is 0 Å². The molecule has 0 amide bonds. The molecule has 3 heteroatoms. The van der Waals surface area contributed by atoms with Crippen LogP contribution in [0.15, 0.2) is 48.5 Å². The first-order chi connectivity index (χ1) is 9.78. The van der Waals surface area contributed by atoms with Crippen LogP contribution < -0.4 is 14.8 Å². The van der Waals surface area contributed by atoms with Crippen molar-refractivity contribution in [3.05, 3.63) is 59.7 Å². The van der Waals surface area contributed by atoms with Gasteiger partial charge in [0.05, 0.1) is 19.8 Å². The SMILES string of the molecule is CCOc1ccc(C(NC)c2ccc(OC)cc2)cc1. The third-order valence-corrected chi connectivity index (χ3v) is 3.26. The lowest BCUT2D eigenvalue weighted by Gasteiger charge is -2.18. The molecule has 0 bridgehead atoms. The molecule has 0 spiro atoms. The first-order valence-electron chi connectivity index (χ1n) is 6.82. The van der Waals surface area contributed by atoms with Gasteiger partial charge in [-0.2, -0.15) is 0 Å². The predicted molar refractivity (Wildman–Crippen MR) is 81.5 cm³/mol. The van der Waals surface area contributed by atoms with Crippen molar-refractivity contribution in [2.75, 3.05) is 20.8 Å². The van der Waals surface area contributed by atoms with Gasteiger partial charge in [0.25, 0.3) is 0 Å². The quantitative estimate of drug-likeness (QED) is 0.873. The summed E-state index contributed by atoms with van der Waals surface area (Å²) in [5.41, 5.74) is 2.42. The molecule has 2 aromatic rings. The van der Waals surface area contributed by atoms with Gasteiger partial charge < -0.3 is 14.8 Å². The van der Waals surface area contributed by atoms with Crippen LogP contribution in [0.1, 0.15) is 24.1 Å². The van der Waals surface area contributed by atoms with Crippen LogP contribution in [0.25, 0.3) is 0 Å². The van der Waals surface area contributed by atoms with E-state index < -0.39 is 0 Å². The van der Waals surface area contributed by atoms with Gasteiger partial charge in [-0.1, -0.05) is 24.3 Å². The van der Waals surface area contributed by atoms with E-state index >= 15 is 0 Å². The maximum Gasteiger partial charge on any atom is 0.119 e. The topological polar surface area (TPSA) is 30.5 Å². The van der Waals surface area contributed by atoms with Crippen LogP contribution in [0.4, 0.5) is 0 Å². The van der Waals surface area contributed by atoms with Crippen LogP contribution in [0.5, 0.6) is 11.5 Å². The molecular weight excluding hydrogens is 250 g/mol. The van der Waals surface area contributed by atoms with Crippen molar-refractivity contribution < 1.29 is 9.47 Å². The summed E-state index contributed by atoms with van der Waals surface area (Å²) in [7, 11) is 3.64. The lowest BCUT2D eigenvalue weighted by Crippen LogP contribution is -2.17. The summed E-state index contributed by atoms with van der Waals surface area (Å²) >= 11 is 0. The largest absolute Gasteiger partial charge is 0.497 e. The van der Waals surface area contributed by atoms with Crippen molar-refractivity contribution in [1.29, 1.82) is 0 Å². The van der Waals surface area contributed by atoms with Crippen LogP contribution in [0.3, 0.4) is 0 Å². The van der Waals surface area contributed by atoms with Crippen LogP contribution >= 0.6 is 0 Å². The van der Waals surface area contributed by atoms with E-state index in [0.717, 1.165) is 11.5 Å². The monoisotopic (exact) mass is 271 g/mol. The Hall–Kier alpha value is -2.00. The molecule has 3 nitrogen and oxygen atoms in total. The molecule has 1 atom stereocenters. The van der Waals surface area contributed by atoms with Crippen molar-refractivity contribution in [2.24, 2.45) is 0 Å². The first-order valence-corrected chi connectivity index (χ1v) is 6.82. The minimum absolute atomic E-state index is 0.164. The van der Waals surface area contributed by atoms with Crippen molar-refractivity contribution in [3.8, 4) is 11.5 Å². The van der Waals surface area contributed by atoms with E-state index in [9.17, 15) is 0 Å². The van der Waals surface area contributed by atoms with Crippen LogP contribution in [0, 0.1) is 0 Å². The fourth-order valence-electron chi connectivity index (χ4n) is 2.25. The third-order valence-electron chi connectivity index (χ3n) is 3.26. The van der Waals surface area contributed by atoms with E-state index in [1.54, 1.807) is 7.11 Å². The number of hydrogen-bond acceptors (Lipinski definition) is 3. The molecule has 20 heavy (non-hydrogen) atoms. The predicted octanol–water partition coefficient (Wildman–Crippen LogP) is 3.40. The molecule has 106 valence electrons. The van der Waals surface area contributed by atoms with Crippen LogP contribution in [-0.4, -0.2) is 20.8 Å². The average molecular weight is 271 g/mol. The zero-order valence-corrected chi connectivity index (χ0v) is 12.2. The Labute approximate surface area is 120 Å². The average Bonchev–Trinajstić information content (AvgIpc) is 2.51. The number of benzene rings is 2. The maximum atomic E-state index is 5.47. The second-order valence-corrected chi connectivity index (χ2v) is 4.50. The fraction of sp³-hybridized carbons (Fsp3) is 0.294. The number of nitrogens with one attached hydrogen (secondary N) is 1. The highest BCUT2D eigenvalue weighted by molar-refractivity contribution is 5.37. The normalized spacial score (nSPS) is 11.9. The fourth-order valence-corrected chi connectivity index (χ4v) is 2.25. The molecule has 0 aromatic heterocycles. The van der Waals surface area contributed by atoms with E-state index in [1.165, 1.54) is 11.1 Å². The maximum absolute atomic E-state index is 5.47. The van der Waals surface area contributed by atoms with E-state index in [-0.39, 0.29) is 6.04 Å². The molecule has 2 rings (SSSR count). The molecule has 0 aliphatic heterocycles. The Morgan fingerprint density at radius 2 is 1.40 bits per heavy atom. The minimum Gasteiger partial charge on any atom is -0.497 e. The van der Waals surface area contributed by atoms with Gasteiger partial charge in [0.2, 0.25) is 0 Å². The summed E-state index contributed by atoms with van der Waals surface area (Å²) in [4.78, 5) is 0. The molecule has 1 N–H and O–H groups in total. The Kier molecular flexibility index (Phi) is 5.02. The van der Waals surface area contributed by atoms with Crippen LogP contribution in [0.2, 0.25) is 0 Å². The smallest absolute Gasteiger partial charge is 0.119 e.